The first-order chi connectivity index (χ1) is 12.6. The van der Waals surface area contributed by atoms with Gasteiger partial charge in [0.25, 0.3) is 0 Å². The van der Waals surface area contributed by atoms with Crippen molar-refractivity contribution in [1.82, 2.24) is 9.55 Å². The van der Waals surface area contributed by atoms with E-state index >= 15 is 0 Å². The van der Waals surface area contributed by atoms with Gasteiger partial charge in [-0.1, -0.05) is 44.1 Å². The van der Waals surface area contributed by atoms with Crippen LogP contribution < -0.4 is 0 Å². The monoisotopic (exact) mass is 352 g/mol. The highest BCUT2D eigenvalue weighted by Crippen LogP contribution is 2.25. The second-order valence-electron chi connectivity index (χ2n) is 6.24. The van der Waals surface area contributed by atoms with E-state index in [0.717, 1.165) is 35.7 Å². The molecule has 2 heterocycles. The number of carboxylic acids is 1. The van der Waals surface area contributed by atoms with Crippen LogP contribution in [0.2, 0.25) is 0 Å². The normalized spacial score (nSPS) is 11.5. The fraction of sp³-hybridized carbons (Fsp3) is 0.238. The standard InChI is InChI=1S/C21H21FN2O2/c1-2-3-4-5-6-18-17-11-12-24(14-15-7-9-16(22)10-8-15)19(17)13-23-20(18)21(25)26/h5-13H,2-4,14H2,1H3,(H,25,26)/b6-5+. The molecular weight excluding hydrogens is 331 g/mol. The van der Waals surface area contributed by atoms with Crippen LogP contribution in [0.15, 0.2) is 48.8 Å². The molecule has 0 saturated carbocycles. The Hall–Kier alpha value is -2.95. The zero-order chi connectivity index (χ0) is 18.5. The van der Waals surface area contributed by atoms with Crippen LogP contribution in [0.1, 0.15) is 47.8 Å². The van der Waals surface area contributed by atoms with Crippen molar-refractivity contribution in [2.75, 3.05) is 0 Å². The lowest BCUT2D eigenvalue weighted by Crippen LogP contribution is -2.05. The van der Waals surface area contributed by atoms with Gasteiger partial charge in [0, 0.05) is 23.7 Å². The molecule has 5 heteroatoms. The number of carbonyl (C=O) groups is 1. The maximum atomic E-state index is 13.1. The molecular formula is C21H21FN2O2. The van der Waals surface area contributed by atoms with E-state index in [1.807, 2.05) is 29.0 Å². The van der Waals surface area contributed by atoms with E-state index in [1.54, 1.807) is 18.3 Å². The van der Waals surface area contributed by atoms with Gasteiger partial charge in [-0.2, -0.15) is 0 Å². The fourth-order valence-electron chi connectivity index (χ4n) is 2.97. The topological polar surface area (TPSA) is 55.1 Å². The summed E-state index contributed by atoms with van der Waals surface area (Å²) in [5.41, 5.74) is 2.51. The number of hydrogen-bond donors (Lipinski definition) is 1. The van der Waals surface area contributed by atoms with Crippen LogP contribution in [0.3, 0.4) is 0 Å². The van der Waals surface area contributed by atoms with Crippen molar-refractivity contribution in [2.24, 2.45) is 0 Å². The Bertz CT molecular complexity index is 943. The molecule has 0 bridgehead atoms. The van der Waals surface area contributed by atoms with Crippen LogP contribution in [0.5, 0.6) is 0 Å². The first-order valence-corrected chi connectivity index (χ1v) is 8.72. The van der Waals surface area contributed by atoms with Gasteiger partial charge >= 0.3 is 5.97 Å². The number of aromatic carboxylic acids is 1. The highest BCUT2D eigenvalue weighted by Gasteiger charge is 2.15. The van der Waals surface area contributed by atoms with E-state index in [-0.39, 0.29) is 11.5 Å². The van der Waals surface area contributed by atoms with Crippen molar-refractivity contribution >= 4 is 22.9 Å². The summed E-state index contributed by atoms with van der Waals surface area (Å²) in [4.78, 5) is 15.7. The molecule has 0 amide bonds. The van der Waals surface area contributed by atoms with E-state index in [9.17, 15) is 14.3 Å². The van der Waals surface area contributed by atoms with Crippen molar-refractivity contribution in [3.8, 4) is 0 Å². The van der Waals surface area contributed by atoms with Crippen LogP contribution in [0.4, 0.5) is 4.39 Å². The number of nitrogens with zero attached hydrogens (tertiary/aromatic N) is 2. The number of aromatic nitrogens is 2. The summed E-state index contributed by atoms with van der Waals surface area (Å²) in [6, 6.07) is 8.26. The van der Waals surface area contributed by atoms with Crippen molar-refractivity contribution in [2.45, 2.75) is 32.7 Å². The second-order valence-corrected chi connectivity index (χ2v) is 6.24. The molecule has 4 nitrogen and oxygen atoms in total. The van der Waals surface area contributed by atoms with Crippen LogP contribution in [-0.4, -0.2) is 20.6 Å². The molecule has 26 heavy (non-hydrogen) atoms. The smallest absolute Gasteiger partial charge is 0.355 e. The minimum atomic E-state index is -1.03. The molecule has 2 aromatic heterocycles. The Balaban J connectivity index is 1.99. The number of carboxylic acid groups (broad SMARTS) is 1. The lowest BCUT2D eigenvalue weighted by Gasteiger charge is -2.08. The fourth-order valence-corrected chi connectivity index (χ4v) is 2.97. The molecule has 134 valence electrons. The van der Waals surface area contributed by atoms with Gasteiger partial charge in [-0.05, 0) is 30.2 Å². The largest absolute Gasteiger partial charge is 0.476 e. The molecule has 0 radical (unpaired) electrons. The third-order valence-corrected chi connectivity index (χ3v) is 4.35. The summed E-state index contributed by atoms with van der Waals surface area (Å²) >= 11 is 0. The van der Waals surface area contributed by atoms with Crippen molar-refractivity contribution in [3.63, 3.8) is 0 Å². The molecule has 3 aromatic rings. The summed E-state index contributed by atoms with van der Waals surface area (Å²) < 4.78 is 15.1. The van der Waals surface area contributed by atoms with E-state index in [0.29, 0.717) is 12.1 Å². The van der Waals surface area contributed by atoms with Crippen LogP contribution >= 0.6 is 0 Å². The average Bonchev–Trinajstić information content (AvgIpc) is 3.03. The van der Waals surface area contributed by atoms with E-state index in [1.165, 1.54) is 12.1 Å². The summed E-state index contributed by atoms with van der Waals surface area (Å²) in [6.45, 7) is 2.69. The van der Waals surface area contributed by atoms with Crippen LogP contribution in [0.25, 0.3) is 17.0 Å². The Kier molecular flexibility index (Phi) is 5.46. The predicted molar refractivity (Wildman–Crippen MR) is 101 cm³/mol. The molecule has 0 spiro atoms. The highest BCUT2D eigenvalue weighted by atomic mass is 19.1. The van der Waals surface area contributed by atoms with Gasteiger partial charge in [0.15, 0.2) is 5.69 Å². The zero-order valence-corrected chi connectivity index (χ0v) is 14.7. The van der Waals surface area contributed by atoms with Crippen molar-refractivity contribution in [1.29, 1.82) is 0 Å². The number of benzene rings is 1. The number of allylic oxidation sites excluding steroid dienone is 1. The molecule has 0 aliphatic carbocycles. The predicted octanol–water partition coefficient (Wildman–Crippen LogP) is 5.13. The average molecular weight is 352 g/mol. The Morgan fingerprint density at radius 1 is 1.27 bits per heavy atom. The molecule has 0 unspecified atom stereocenters. The Morgan fingerprint density at radius 2 is 2.04 bits per heavy atom. The van der Waals surface area contributed by atoms with Crippen molar-refractivity contribution in [3.05, 3.63) is 71.4 Å². The Morgan fingerprint density at radius 3 is 2.73 bits per heavy atom. The van der Waals surface area contributed by atoms with E-state index in [4.69, 9.17) is 0 Å². The van der Waals surface area contributed by atoms with Gasteiger partial charge in [-0.3, -0.25) is 0 Å². The summed E-state index contributed by atoms with van der Waals surface area (Å²) in [6.07, 6.45) is 10.4. The third-order valence-electron chi connectivity index (χ3n) is 4.35. The lowest BCUT2D eigenvalue weighted by molar-refractivity contribution is 0.0690. The SMILES string of the molecule is CCCC/C=C/c1c(C(=O)O)ncc2c1ccn2Cc1ccc(F)cc1. The summed E-state index contributed by atoms with van der Waals surface area (Å²) in [5.74, 6) is -1.30. The third kappa shape index (κ3) is 3.82. The molecule has 0 atom stereocenters. The minimum absolute atomic E-state index is 0.0600. The van der Waals surface area contributed by atoms with Gasteiger partial charge in [-0.15, -0.1) is 0 Å². The van der Waals surface area contributed by atoms with Gasteiger partial charge in [0.2, 0.25) is 0 Å². The van der Waals surface area contributed by atoms with E-state index < -0.39 is 5.97 Å². The second kappa shape index (κ2) is 7.95. The molecule has 0 aliphatic heterocycles. The first kappa shape index (κ1) is 17.9. The maximum Gasteiger partial charge on any atom is 0.355 e. The van der Waals surface area contributed by atoms with E-state index in [2.05, 4.69) is 11.9 Å². The highest BCUT2D eigenvalue weighted by molar-refractivity contribution is 5.99. The van der Waals surface area contributed by atoms with Crippen LogP contribution in [-0.2, 0) is 6.54 Å². The van der Waals surface area contributed by atoms with Gasteiger partial charge in [0.05, 0.1) is 11.7 Å². The molecule has 1 aromatic carbocycles. The Labute approximate surface area is 151 Å². The summed E-state index contributed by atoms with van der Waals surface area (Å²) in [5, 5.41) is 10.3. The van der Waals surface area contributed by atoms with Crippen LogP contribution in [0, 0.1) is 5.82 Å². The number of unbranched alkanes of at least 4 members (excludes halogenated alkanes) is 2. The summed E-state index contributed by atoms with van der Waals surface area (Å²) in [7, 11) is 0. The number of fused-ring (bicyclic) bond motifs is 1. The number of pyridine rings is 1. The lowest BCUT2D eigenvalue weighted by atomic mass is 10.1. The molecule has 0 saturated heterocycles. The first-order valence-electron chi connectivity index (χ1n) is 8.72. The van der Waals surface area contributed by atoms with Gasteiger partial charge < -0.3 is 9.67 Å². The van der Waals surface area contributed by atoms with Gasteiger partial charge in [0.1, 0.15) is 5.82 Å². The molecule has 0 aliphatic rings. The number of rotatable bonds is 7. The van der Waals surface area contributed by atoms with Gasteiger partial charge in [-0.25, -0.2) is 14.2 Å². The molecule has 0 fully saturated rings. The number of hydrogen-bond acceptors (Lipinski definition) is 2. The maximum absolute atomic E-state index is 13.1. The molecule has 1 N–H and O–H groups in total. The molecule has 3 rings (SSSR count). The quantitative estimate of drug-likeness (QED) is 0.600. The number of halogens is 1. The zero-order valence-electron chi connectivity index (χ0n) is 14.7. The minimum Gasteiger partial charge on any atom is -0.476 e. The van der Waals surface area contributed by atoms with Crippen molar-refractivity contribution < 1.29 is 14.3 Å².